The summed E-state index contributed by atoms with van der Waals surface area (Å²) in [6.07, 6.45) is -1.35. The molecule has 0 aromatic heterocycles. The van der Waals surface area contributed by atoms with Crippen molar-refractivity contribution >= 4 is 17.6 Å². The van der Waals surface area contributed by atoms with Gasteiger partial charge in [0.2, 0.25) is 0 Å². The fraction of sp³-hybridized carbons (Fsp3) is 0.429. The fourth-order valence-corrected chi connectivity index (χ4v) is 2.18. The summed E-state index contributed by atoms with van der Waals surface area (Å²) >= 11 is 0. The molecule has 1 saturated heterocycles. The van der Waals surface area contributed by atoms with Gasteiger partial charge in [-0.1, -0.05) is 0 Å². The Balaban J connectivity index is 2.12. The summed E-state index contributed by atoms with van der Waals surface area (Å²) in [6, 6.07) is 2.37. The number of aliphatic carboxylic acids is 1. The van der Waals surface area contributed by atoms with Crippen molar-refractivity contribution in [3.05, 3.63) is 17.9 Å². The number of nitrogens with one attached hydrogen (secondary N) is 1. The van der Waals surface area contributed by atoms with Crippen molar-refractivity contribution in [2.75, 3.05) is 19.5 Å². The standard InChI is InChI=1S/C14H16FNO6/c1-20-11-6-12(21-2)8(5-7(11)15)16-13(17)9-3-4-10(22-9)14(18)19/h5-6,9-10H,3-4H2,1-2H3,(H,16,17)(H,18,19)/t9-,10+/m0/s1. The summed E-state index contributed by atoms with van der Waals surface area (Å²) in [6.45, 7) is 0. The lowest BCUT2D eigenvalue weighted by Gasteiger charge is -2.15. The van der Waals surface area contributed by atoms with Gasteiger partial charge in [0.05, 0.1) is 19.9 Å². The van der Waals surface area contributed by atoms with Crippen LogP contribution in [-0.4, -0.2) is 43.4 Å². The van der Waals surface area contributed by atoms with Crippen LogP contribution in [-0.2, 0) is 14.3 Å². The van der Waals surface area contributed by atoms with Gasteiger partial charge in [-0.25, -0.2) is 9.18 Å². The second-order valence-corrected chi connectivity index (χ2v) is 4.71. The second kappa shape index (κ2) is 6.61. The Morgan fingerprint density at radius 3 is 2.41 bits per heavy atom. The molecule has 2 N–H and O–H groups in total. The first-order valence-electron chi connectivity index (χ1n) is 6.57. The number of benzene rings is 1. The minimum absolute atomic E-state index is 0.0158. The lowest BCUT2D eigenvalue weighted by molar-refractivity contribution is -0.150. The van der Waals surface area contributed by atoms with Gasteiger partial charge in [-0.05, 0) is 12.8 Å². The third kappa shape index (κ3) is 3.28. The smallest absolute Gasteiger partial charge is 0.332 e. The molecule has 7 nitrogen and oxygen atoms in total. The zero-order valence-electron chi connectivity index (χ0n) is 12.1. The molecule has 8 heteroatoms. The van der Waals surface area contributed by atoms with Crippen LogP contribution in [0.15, 0.2) is 12.1 Å². The van der Waals surface area contributed by atoms with Crippen molar-refractivity contribution in [1.29, 1.82) is 0 Å². The minimum atomic E-state index is -1.11. The third-order valence-corrected chi connectivity index (χ3v) is 3.32. The molecule has 1 aliphatic rings. The summed E-state index contributed by atoms with van der Waals surface area (Å²) in [5.41, 5.74) is 0.119. The van der Waals surface area contributed by atoms with Crippen molar-refractivity contribution in [3.63, 3.8) is 0 Å². The van der Waals surface area contributed by atoms with E-state index in [4.69, 9.17) is 19.3 Å². The van der Waals surface area contributed by atoms with Gasteiger partial charge in [-0.3, -0.25) is 4.79 Å². The van der Waals surface area contributed by atoms with E-state index in [-0.39, 0.29) is 30.0 Å². The molecule has 0 unspecified atom stereocenters. The van der Waals surface area contributed by atoms with Gasteiger partial charge in [0, 0.05) is 12.1 Å². The molecule has 1 heterocycles. The van der Waals surface area contributed by atoms with Crippen LogP contribution in [0.1, 0.15) is 12.8 Å². The molecule has 1 aliphatic heterocycles. The van der Waals surface area contributed by atoms with Crippen molar-refractivity contribution in [2.45, 2.75) is 25.0 Å². The number of ether oxygens (including phenoxy) is 3. The van der Waals surface area contributed by atoms with Gasteiger partial charge in [-0.2, -0.15) is 0 Å². The Hall–Kier alpha value is -2.35. The number of carbonyl (C=O) groups is 2. The molecule has 1 amide bonds. The van der Waals surface area contributed by atoms with Crippen molar-refractivity contribution in [1.82, 2.24) is 0 Å². The van der Waals surface area contributed by atoms with Gasteiger partial charge in [0.1, 0.15) is 11.9 Å². The topological polar surface area (TPSA) is 94.1 Å². The average molecular weight is 313 g/mol. The quantitative estimate of drug-likeness (QED) is 0.853. The van der Waals surface area contributed by atoms with E-state index in [1.54, 1.807) is 0 Å². The lowest BCUT2D eigenvalue weighted by Crippen LogP contribution is -2.30. The van der Waals surface area contributed by atoms with Crippen LogP contribution in [0.3, 0.4) is 0 Å². The predicted octanol–water partition coefficient (Wildman–Crippen LogP) is 1.41. The van der Waals surface area contributed by atoms with Crippen LogP contribution in [0.2, 0.25) is 0 Å². The number of rotatable bonds is 5. The molecule has 22 heavy (non-hydrogen) atoms. The number of carboxylic acids is 1. The Morgan fingerprint density at radius 1 is 1.23 bits per heavy atom. The molecule has 120 valence electrons. The number of amides is 1. The third-order valence-electron chi connectivity index (χ3n) is 3.32. The molecule has 0 radical (unpaired) electrons. The number of methoxy groups -OCH3 is 2. The molecule has 0 aliphatic carbocycles. The number of hydrogen-bond donors (Lipinski definition) is 2. The van der Waals surface area contributed by atoms with Crippen LogP contribution < -0.4 is 14.8 Å². The summed E-state index contributed by atoms with van der Waals surface area (Å²) in [4.78, 5) is 22.9. The maximum absolute atomic E-state index is 13.7. The highest BCUT2D eigenvalue weighted by Crippen LogP contribution is 2.32. The zero-order valence-corrected chi connectivity index (χ0v) is 12.1. The number of halogens is 1. The highest BCUT2D eigenvalue weighted by molar-refractivity contribution is 5.96. The Morgan fingerprint density at radius 2 is 1.86 bits per heavy atom. The van der Waals surface area contributed by atoms with Crippen LogP contribution in [0.4, 0.5) is 10.1 Å². The molecule has 2 atom stereocenters. The lowest BCUT2D eigenvalue weighted by atomic mass is 10.2. The molecular weight excluding hydrogens is 297 g/mol. The van der Waals surface area contributed by atoms with E-state index in [9.17, 15) is 14.0 Å². The maximum Gasteiger partial charge on any atom is 0.332 e. The molecule has 1 aromatic rings. The van der Waals surface area contributed by atoms with Crippen LogP contribution in [0, 0.1) is 5.82 Å². The number of hydrogen-bond acceptors (Lipinski definition) is 5. The largest absolute Gasteiger partial charge is 0.494 e. The summed E-state index contributed by atoms with van der Waals surface area (Å²) in [5.74, 6) is -2.11. The van der Waals surface area contributed by atoms with Gasteiger partial charge in [0.15, 0.2) is 17.7 Å². The highest BCUT2D eigenvalue weighted by atomic mass is 19.1. The minimum Gasteiger partial charge on any atom is -0.494 e. The van der Waals surface area contributed by atoms with Crippen molar-refractivity contribution < 1.29 is 33.3 Å². The van der Waals surface area contributed by atoms with Gasteiger partial charge in [0.25, 0.3) is 5.91 Å². The van der Waals surface area contributed by atoms with Crippen LogP contribution in [0.25, 0.3) is 0 Å². The number of anilines is 1. The van der Waals surface area contributed by atoms with Crippen molar-refractivity contribution in [3.8, 4) is 11.5 Å². The fourth-order valence-electron chi connectivity index (χ4n) is 2.18. The first-order valence-corrected chi connectivity index (χ1v) is 6.57. The summed E-state index contributed by atoms with van der Waals surface area (Å²) < 4.78 is 28.8. The van der Waals surface area contributed by atoms with Gasteiger partial charge < -0.3 is 24.6 Å². The van der Waals surface area contributed by atoms with E-state index in [1.807, 2.05) is 0 Å². The van der Waals surface area contributed by atoms with Crippen LogP contribution in [0.5, 0.6) is 11.5 Å². The molecule has 2 rings (SSSR count). The Kier molecular flexibility index (Phi) is 4.81. The molecule has 1 aromatic carbocycles. The van der Waals surface area contributed by atoms with E-state index in [0.717, 1.165) is 6.07 Å². The highest BCUT2D eigenvalue weighted by Gasteiger charge is 2.35. The molecule has 0 spiro atoms. The van der Waals surface area contributed by atoms with Crippen LogP contribution >= 0.6 is 0 Å². The average Bonchev–Trinajstić information content (AvgIpc) is 2.97. The molecular formula is C14H16FNO6. The molecule has 0 bridgehead atoms. The zero-order chi connectivity index (χ0) is 16.3. The number of carboxylic acid groups (broad SMARTS) is 1. The van der Waals surface area contributed by atoms with Gasteiger partial charge >= 0.3 is 5.97 Å². The monoisotopic (exact) mass is 313 g/mol. The normalized spacial score (nSPS) is 20.5. The predicted molar refractivity (Wildman–Crippen MR) is 73.7 cm³/mol. The van der Waals surface area contributed by atoms with E-state index < -0.39 is 29.9 Å². The van der Waals surface area contributed by atoms with Gasteiger partial charge in [-0.15, -0.1) is 0 Å². The van der Waals surface area contributed by atoms with Crippen molar-refractivity contribution in [2.24, 2.45) is 0 Å². The number of carbonyl (C=O) groups excluding carboxylic acids is 1. The Bertz CT molecular complexity index is 591. The molecule has 0 saturated carbocycles. The first kappa shape index (κ1) is 16.0. The second-order valence-electron chi connectivity index (χ2n) is 4.71. The first-order chi connectivity index (χ1) is 10.5. The summed E-state index contributed by atoms with van der Waals surface area (Å²) in [5, 5.41) is 11.3. The summed E-state index contributed by atoms with van der Waals surface area (Å²) in [7, 11) is 2.68. The van der Waals surface area contributed by atoms with E-state index in [2.05, 4.69) is 5.32 Å². The van der Waals surface area contributed by atoms with E-state index in [1.165, 1.54) is 20.3 Å². The molecule has 1 fully saturated rings. The SMILES string of the molecule is COc1cc(OC)c(NC(=O)[C@@H]2CC[C@H](C(=O)O)O2)cc1F. The maximum atomic E-state index is 13.7. The van der Waals surface area contributed by atoms with E-state index >= 15 is 0 Å². The Labute approximate surface area is 126 Å². The van der Waals surface area contributed by atoms with E-state index in [0.29, 0.717) is 0 Å².